The van der Waals surface area contributed by atoms with Crippen LogP contribution in [0.3, 0.4) is 0 Å². The molecule has 1 rings (SSSR count). The van der Waals surface area contributed by atoms with Gasteiger partial charge in [0.2, 0.25) is 8.32 Å². The highest BCUT2D eigenvalue weighted by Gasteiger charge is 2.46. The summed E-state index contributed by atoms with van der Waals surface area (Å²) in [4.78, 5) is 0. The molecule has 3 nitrogen and oxygen atoms in total. The maximum Gasteiger partial charge on any atom is 0.218 e. The fraction of sp³-hybridized carbons (Fsp3) is 1.00. The molecule has 0 aliphatic carbocycles. The Bertz CT molecular complexity index is 181. The Balaban J connectivity index is 2.44. The van der Waals surface area contributed by atoms with Gasteiger partial charge in [0.25, 0.3) is 0 Å². The lowest BCUT2D eigenvalue weighted by Gasteiger charge is -2.31. The Hall–Kier alpha value is 0.0969. The first kappa shape index (κ1) is 13.2. The molecule has 1 fully saturated rings. The average Bonchev–Trinajstić information content (AvgIpc) is 2.99. The van der Waals surface area contributed by atoms with Crippen molar-refractivity contribution < 1.29 is 13.9 Å². The maximum absolute atomic E-state index is 5.97. The first-order valence-electron chi connectivity index (χ1n) is 5.99. The van der Waals surface area contributed by atoms with Crippen LogP contribution in [0.15, 0.2) is 0 Å². The van der Waals surface area contributed by atoms with E-state index in [1.807, 2.05) is 0 Å². The number of rotatable bonds is 8. The fourth-order valence-electron chi connectivity index (χ4n) is 1.68. The third-order valence-corrected chi connectivity index (χ3v) is 5.42. The SMILES string of the molecule is CCCOC(C1CO1)[Si](C)(C)OCCC. The van der Waals surface area contributed by atoms with Crippen molar-refractivity contribution in [2.75, 3.05) is 19.8 Å². The van der Waals surface area contributed by atoms with Crippen molar-refractivity contribution in [3.8, 4) is 0 Å². The van der Waals surface area contributed by atoms with Gasteiger partial charge in [-0.25, -0.2) is 0 Å². The van der Waals surface area contributed by atoms with Crippen molar-refractivity contribution >= 4 is 8.32 Å². The molecule has 90 valence electrons. The van der Waals surface area contributed by atoms with Crippen LogP contribution >= 0.6 is 0 Å². The minimum Gasteiger partial charge on any atom is -0.415 e. The summed E-state index contributed by atoms with van der Waals surface area (Å²) in [5.74, 6) is 0. The minimum atomic E-state index is -1.74. The molecule has 1 aliphatic rings. The van der Waals surface area contributed by atoms with Gasteiger partial charge in [0.05, 0.1) is 6.61 Å². The second kappa shape index (κ2) is 5.99. The molecule has 0 amide bonds. The summed E-state index contributed by atoms with van der Waals surface area (Å²) in [5.41, 5.74) is 0.212. The monoisotopic (exact) mass is 232 g/mol. The lowest BCUT2D eigenvalue weighted by Crippen LogP contribution is -2.50. The van der Waals surface area contributed by atoms with E-state index in [1.165, 1.54) is 0 Å². The molecule has 0 aromatic heterocycles. The van der Waals surface area contributed by atoms with Gasteiger partial charge >= 0.3 is 0 Å². The Kier molecular flexibility index (Phi) is 5.25. The van der Waals surface area contributed by atoms with Crippen molar-refractivity contribution in [1.82, 2.24) is 0 Å². The van der Waals surface area contributed by atoms with Crippen LogP contribution < -0.4 is 0 Å². The second-order valence-electron chi connectivity index (χ2n) is 4.62. The van der Waals surface area contributed by atoms with Gasteiger partial charge in [-0.05, 0) is 25.9 Å². The summed E-state index contributed by atoms with van der Waals surface area (Å²) in [6, 6.07) is 0. The molecule has 0 aromatic carbocycles. The zero-order valence-electron chi connectivity index (χ0n) is 10.4. The molecule has 0 saturated carbocycles. The Morgan fingerprint density at radius 3 is 2.33 bits per heavy atom. The van der Waals surface area contributed by atoms with Crippen LogP contribution in [0.25, 0.3) is 0 Å². The Morgan fingerprint density at radius 1 is 1.27 bits per heavy atom. The molecular formula is C11H24O3Si. The molecule has 1 heterocycles. The average molecular weight is 232 g/mol. The zero-order valence-corrected chi connectivity index (χ0v) is 11.4. The molecular weight excluding hydrogens is 208 g/mol. The van der Waals surface area contributed by atoms with Gasteiger partial charge in [0, 0.05) is 13.2 Å². The summed E-state index contributed by atoms with van der Waals surface area (Å²) in [5, 5.41) is 0. The van der Waals surface area contributed by atoms with Crippen molar-refractivity contribution in [2.45, 2.75) is 51.6 Å². The Labute approximate surface area is 94.2 Å². The highest BCUT2D eigenvalue weighted by atomic mass is 28.4. The molecule has 0 spiro atoms. The fourth-order valence-corrected chi connectivity index (χ4v) is 4.18. The van der Waals surface area contributed by atoms with Crippen molar-refractivity contribution in [3.63, 3.8) is 0 Å². The molecule has 4 heteroatoms. The van der Waals surface area contributed by atoms with E-state index in [0.29, 0.717) is 6.10 Å². The van der Waals surface area contributed by atoms with Gasteiger partial charge in [0.1, 0.15) is 11.8 Å². The molecule has 1 saturated heterocycles. The van der Waals surface area contributed by atoms with Crippen molar-refractivity contribution in [1.29, 1.82) is 0 Å². The predicted octanol–water partition coefficient (Wildman–Crippen LogP) is 2.35. The van der Waals surface area contributed by atoms with Crippen LogP contribution in [-0.2, 0) is 13.9 Å². The third-order valence-electron chi connectivity index (χ3n) is 2.56. The molecule has 2 atom stereocenters. The quantitative estimate of drug-likeness (QED) is 0.475. The molecule has 0 radical (unpaired) electrons. The largest absolute Gasteiger partial charge is 0.415 e. The lowest BCUT2D eigenvalue weighted by atomic mass is 10.5. The van der Waals surface area contributed by atoms with Gasteiger partial charge in [-0.2, -0.15) is 0 Å². The van der Waals surface area contributed by atoms with Crippen LogP contribution in [0.2, 0.25) is 13.1 Å². The van der Waals surface area contributed by atoms with Crippen LogP contribution in [0, 0.1) is 0 Å². The van der Waals surface area contributed by atoms with E-state index in [-0.39, 0.29) is 5.73 Å². The van der Waals surface area contributed by atoms with E-state index in [9.17, 15) is 0 Å². The molecule has 1 aliphatic heterocycles. The normalized spacial score (nSPS) is 22.8. The zero-order chi connectivity index (χ0) is 11.3. The molecule has 0 aromatic rings. The van der Waals surface area contributed by atoms with Gasteiger partial charge in [-0.3, -0.25) is 0 Å². The molecule has 0 bridgehead atoms. The number of hydrogen-bond donors (Lipinski definition) is 0. The van der Waals surface area contributed by atoms with Crippen LogP contribution in [0.4, 0.5) is 0 Å². The summed E-state index contributed by atoms with van der Waals surface area (Å²) >= 11 is 0. The number of epoxide rings is 1. The van der Waals surface area contributed by atoms with Gasteiger partial charge in [-0.15, -0.1) is 0 Å². The van der Waals surface area contributed by atoms with E-state index < -0.39 is 8.32 Å². The smallest absolute Gasteiger partial charge is 0.218 e. The van der Waals surface area contributed by atoms with Gasteiger partial charge in [0.15, 0.2) is 0 Å². The topological polar surface area (TPSA) is 31.0 Å². The maximum atomic E-state index is 5.97. The lowest BCUT2D eigenvalue weighted by molar-refractivity contribution is 0.0631. The Morgan fingerprint density at radius 2 is 1.87 bits per heavy atom. The van der Waals surface area contributed by atoms with Gasteiger partial charge in [-0.1, -0.05) is 13.8 Å². The highest BCUT2D eigenvalue weighted by molar-refractivity contribution is 6.72. The number of hydrogen-bond acceptors (Lipinski definition) is 3. The summed E-state index contributed by atoms with van der Waals surface area (Å²) in [6.45, 7) is 11.2. The van der Waals surface area contributed by atoms with Crippen LogP contribution in [0.1, 0.15) is 26.7 Å². The first-order chi connectivity index (χ1) is 7.11. The highest BCUT2D eigenvalue weighted by Crippen LogP contribution is 2.26. The van der Waals surface area contributed by atoms with Crippen LogP contribution in [-0.4, -0.2) is 40.0 Å². The van der Waals surface area contributed by atoms with Crippen molar-refractivity contribution in [2.24, 2.45) is 0 Å². The van der Waals surface area contributed by atoms with E-state index in [2.05, 4.69) is 26.9 Å². The standard InChI is InChI=1S/C11H24O3Si/c1-5-7-12-11(10-9-13-10)15(3,4)14-8-6-2/h10-11H,5-9H2,1-4H3. The summed E-state index contributed by atoms with van der Waals surface area (Å²) < 4.78 is 17.2. The van der Waals surface area contributed by atoms with Crippen LogP contribution in [0.5, 0.6) is 0 Å². The van der Waals surface area contributed by atoms with E-state index in [4.69, 9.17) is 13.9 Å². The molecule has 0 N–H and O–H groups in total. The van der Waals surface area contributed by atoms with E-state index >= 15 is 0 Å². The van der Waals surface area contributed by atoms with Gasteiger partial charge < -0.3 is 13.9 Å². The van der Waals surface area contributed by atoms with E-state index in [1.54, 1.807) is 0 Å². The predicted molar refractivity (Wildman–Crippen MR) is 63.5 cm³/mol. The molecule has 2 unspecified atom stereocenters. The first-order valence-corrected chi connectivity index (χ1v) is 8.97. The van der Waals surface area contributed by atoms with Crippen molar-refractivity contribution in [3.05, 3.63) is 0 Å². The van der Waals surface area contributed by atoms with E-state index in [0.717, 1.165) is 32.7 Å². The molecule has 15 heavy (non-hydrogen) atoms. The summed E-state index contributed by atoms with van der Waals surface area (Å²) in [6.07, 6.45) is 2.43. The third kappa shape index (κ3) is 4.22. The second-order valence-corrected chi connectivity index (χ2v) is 8.68. The number of ether oxygens (including phenoxy) is 2. The minimum absolute atomic E-state index is 0.212. The summed E-state index contributed by atoms with van der Waals surface area (Å²) in [7, 11) is -1.74.